The van der Waals surface area contributed by atoms with Crippen molar-refractivity contribution in [2.24, 2.45) is 5.10 Å². The smallest absolute Gasteiger partial charge is 0.267 e. The van der Waals surface area contributed by atoms with Gasteiger partial charge < -0.3 is 0 Å². The Kier molecular flexibility index (Phi) is 6.99. The van der Waals surface area contributed by atoms with Crippen LogP contribution >= 0.6 is 0 Å². The summed E-state index contributed by atoms with van der Waals surface area (Å²) in [4.78, 5) is 12.5. The van der Waals surface area contributed by atoms with E-state index in [4.69, 9.17) is 0 Å². The first-order valence-corrected chi connectivity index (χ1v) is 11.2. The predicted octanol–water partition coefficient (Wildman–Crippen LogP) is 3.89. The van der Waals surface area contributed by atoms with Crippen LogP contribution in [0, 0.1) is 13.8 Å². The van der Waals surface area contributed by atoms with E-state index in [1.807, 2.05) is 38.1 Å². The van der Waals surface area contributed by atoms with Gasteiger partial charge in [0.15, 0.2) is 0 Å². The van der Waals surface area contributed by atoms with Gasteiger partial charge in [0, 0.05) is 19.2 Å². The monoisotopic (exact) mass is 435 g/mol. The van der Waals surface area contributed by atoms with Crippen molar-refractivity contribution in [3.05, 3.63) is 101 Å². The molecular formula is C24H25N3O3S. The first-order chi connectivity index (χ1) is 14.8. The van der Waals surface area contributed by atoms with Crippen LogP contribution in [0.4, 0.5) is 0 Å². The molecule has 6 nitrogen and oxygen atoms in total. The van der Waals surface area contributed by atoms with E-state index in [1.54, 1.807) is 54.7 Å². The Bertz CT molecular complexity index is 1190. The molecule has 0 radical (unpaired) electrons. The van der Waals surface area contributed by atoms with Gasteiger partial charge in [-0.05, 0) is 54.8 Å². The molecule has 31 heavy (non-hydrogen) atoms. The Balaban J connectivity index is 1.62. The summed E-state index contributed by atoms with van der Waals surface area (Å²) in [6.45, 7) is 4.08. The Morgan fingerprint density at radius 3 is 2.26 bits per heavy atom. The summed E-state index contributed by atoms with van der Waals surface area (Å²) in [5, 5.41) is 4.01. The minimum absolute atomic E-state index is 0.198. The van der Waals surface area contributed by atoms with Crippen molar-refractivity contribution in [3.8, 4) is 0 Å². The van der Waals surface area contributed by atoms with E-state index >= 15 is 0 Å². The number of hydrazone groups is 1. The molecule has 3 aromatic carbocycles. The molecule has 0 saturated heterocycles. The van der Waals surface area contributed by atoms with E-state index in [2.05, 4.69) is 10.5 Å². The van der Waals surface area contributed by atoms with Gasteiger partial charge in [-0.1, -0.05) is 54.1 Å². The van der Waals surface area contributed by atoms with Crippen LogP contribution in [0.5, 0.6) is 0 Å². The molecule has 1 N–H and O–H groups in total. The second kappa shape index (κ2) is 9.68. The zero-order valence-corrected chi connectivity index (χ0v) is 18.6. The molecule has 0 atom stereocenters. The number of hydrogen-bond donors (Lipinski definition) is 1. The molecule has 0 heterocycles. The molecule has 3 aromatic rings. The normalized spacial score (nSPS) is 11.7. The van der Waals surface area contributed by atoms with E-state index in [-0.39, 0.29) is 17.3 Å². The zero-order chi connectivity index (χ0) is 22.4. The molecule has 0 aliphatic heterocycles. The highest BCUT2D eigenvalue weighted by molar-refractivity contribution is 7.89. The van der Waals surface area contributed by atoms with Crippen LogP contribution in [0.15, 0.2) is 82.8 Å². The second-order valence-corrected chi connectivity index (χ2v) is 9.37. The molecule has 0 fully saturated rings. The number of aryl methyl sites for hydroxylation is 2. The van der Waals surface area contributed by atoms with Gasteiger partial charge in [-0.3, -0.25) is 4.79 Å². The minimum atomic E-state index is -3.59. The van der Waals surface area contributed by atoms with Gasteiger partial charge in [0.1, 0.15) is 0 Å². The lowest BCUT2D eigenvalue weighted by molar-refractivity contribution is 0.0955. The first-order valence-electron chi connectivity index (χ1n) is 9.78. The van der Waals surface area contributed by atoms with Crippen LogP contribution in [-0.2, 0) is 16.6 Å². The Morgan fingerprint density at radius 2 is 1.61 bits per heavy atom. The molecule has 7 heteroatoms. The highest BCUT2D eigenvalue weighted by Crippen LogP contribution is 2.17. The fraction of sp³-hybridized carbons (Fsp3) is 0.167. The van der Waals surface area contributed by atoms with Gasteiger partial charge in [0.2, 0.25) is 10.0 Å². The summed E-state index contributed by atoms with van der Waals surface area (Å²) in [7, 11) is -2.05. The summed E-state index contributed by atoms with van der Waals surface area (Å²) in [5.41, 5.74) is 6.72. The quantitative estimate of drug-likeness (QED) is 0.452. The number of benzene rings is 3. The van der Waals surface area contributed by atoms with Crippen molar-refractivity contribution < 1.29 is 13.2 Å². The number of nitrogens with zero attached hydrogens (tertiary/aromatic N) is 2. The maximum atomic E-state index is 12.7. The topological polar surface area (TPSA) is 78.8 Å². The van der Waals surface area contributed by atoms with E-state index in [0.29, 0.717) is 5.56 Å². The molecular weight excluding hydrogens is 410 g/mol. The second-order valence-electron chi connectivity index (χ2n) is 7.33. The number of rotatable bonds is 7. The average Bonchev–Trinajstić information content (AvgIpc) is 2.76. The van der Waals surface area contributed by atoms with Crippen LogP contribution in [0.3, 0.4) is 0 Å². The standard InChI is InChI=1S/C24H25N3O3S/c1-18-8-14-23(15-9-18)31(29,30)27(3)17-20-10-12-21(13-11-20)24(28)26-25-16-22-7-5-4-6-19(22)2/h4-16H,17H2,1-3H3,(H,26,28). The van der Waals surface area contributed by atoms with Crippen LogP contribution < -0.4 is 5.43 Å². The molecule has 160 valence electrons. The molecule has 0 aliphatic rings. The number of carbonyl (C=O) groups excluding carboxylic acids is 1. The third kappa shape index (κ3) is 5.65. The summed E-state index contributed by atoms with van der Waals surface area (Å²) in [5.74, 6) is -0.336. The van der Waals surface area contributed by atoms with Crippen LogP contribution in [0.25, 0.3) is 0 Å². The van der Waals surface area contributed by atoms with Crippen LogP contribution in [0.1, 0.15) is 32.6 Å². The molecule has 0 saturated carbocycles. The minimum Gasteiger partial charge on any atom is -0.267 e. The summed E-state index contributed by atoms with van der Waals surface area (Å²) in [6.07, 6.45) is 1.60. The van der Waals surface area contributed by atoms with Gasteiger partial charge in [-0.2, -0.15) is 9.41 Å². The summed E-state index contributed by atoms with van der Waals surface area (Å²) >= 11 is 0. The zero-order valence-electron chi connectivity index (χ0n) is 17.7. The van der Waals surface area contributed by atoms with Crippen molar-refractivity contribution in [3.63, 3.8) is 0 Å². The SMILES string of the molecule is Cc1ccc(S(=O)(=O)N(C)Cc2ccc(C(=O)NN=Cc3ccccc3C)cc2)cc1. The van der Waals surface area contributed by atoms with Gasteiger partial charge in [0.25, 0.3) is 5.91 Å². The van der Waals surface area contributed by atoms with Crippen molar-refractivity contribution in [1.29, 1.82) is 0 Å². The molecule has 1 amide bonds. The Hall–Kier alpha value is -3.29. The van der Waals surface area contributed by atoms with Gasteiger partial charge in [-0.25, -0.2) is 13.8 Å². The highest BCUT2D eigenvalue weighted by atomic mass is 32.2. The maximum absolute atomic E-state index is 12.7. The van der Waals surface area contributed by atoms with Crippen molar-refractivity contribution >= 4 is 22.1 Å². The van der Waals surface area contributed by atoms with E-state index < -0.39 is 10.0 Å². The molecule has 0 aliphatic carbocycles. The number of sulfonamides is 1. The number of hydrogen-bond acceptors (Lipinski definition) is 4. The van der Waals surface area contributed by atoms with Crippen LogP contribution in [-0.4, -0.2) is 31.9 Å². The molecule has 3 rings (SSSR count). The van der Waals surface area contributed by atoms with E-state index in [0.717, 1.165) is 22.3 Å². The summed E-state index contributed by atoms with van der Waals surface area (Å²) in [6, 6.07) is 21.3. The van der Waals surface area contributed by atoms with E-state index in [1.165, 1.54) is 11.4 Å². The molecule has 0 aromatic heterocycles. The van der Waals surface area contributed by atoms with E-state index in [9.17, 15) is 13.2 Å². The number of amides is 1. The fourth-order valence-corrected chi connectivity index (χ4v) is 4.11. The Morgan fingerprint density at radius 1 is 0.968 bits per heavy atom. The lowest BCUT2D eigenvalue weighted by Crippen LogP contribution is -2.26. The third-order valence-corrected chi connectivity index (χ3v) is 6.73. The molecule has 0 spiro atoms. The van der Waals surface area contributed by atoms with Gasteiger partial charge in [-0.15, -0.1) is 0 Å². The number of carbonyl (C=O) groups is 1. The van der Waals surface area contributed by atoms with Crippen molar-refractivity contribution in [2.45, 2.75) is 25.3 Å². The van der Waals surface area contributed by atoms with Gasteiger partial charge in [0.05, 0.1) is 11.1 Å². The predicted molar refractivity (Wildman–Crippen MR) is 123 cm³/mol. The highest BCUT2D eigenvalue weighted by Gasteiger charge is 2.20. The van der Waals surface area contributed by atoms with Gasteiger partial charge >= 0.3 is 0 Å². The molecule has 0 unspecified atom stereocenters. The first kappa shape index (κ1) is 22.4. The van der Waals surface area contributed by atoms with Crippen LogP contribution in [0.2, 0.25) is 0 Å². The Labute approximate surface area is 183 Å². The lowest BCUT2D eigenvalue weighted by atomic mass is 10.1. The van der Waals surface area contributed by atoms with Crippen molar-refractivity contribution in [1.82, 2.24) is 9.73 Å². The molecule has 0 bridgehead atoms. The maximum Gasteiger partial charge on any atom is 0.271 e. The fourth-order valence-electron chi connectivity index (χ4n) is 2.95. The largest absolute Gasteiger partial charge is 0.271 e. The number of nitrogens with one attached hydrogen (secondary N) is 1. The average molecular weight is 436 g/mol. The lowest BCUT2D eigenvalue weighted by Gasteiger charge is -2.17. The van der Waals surface area contributed by atoms with Crippen molar-refractivity contribution in [2.75, 3.05) is 7.05 Å². The summed E-state index contributed by atoms with van der Waals surface area (Å²) < 4.78 is 26.7. The third-order valence-electron chi connectivity index (χ3n) is 4.91.